The number of hydrogen-bond donors (Lipinski definition) is 0. The molecule has 1 aromatic rings. The molecule has 0 saturated carbocycles. The predicted molar refractivity (Wildman–Crippen MR) is 68.3 cm³/mol. The highest BCUT2D eigenvalue weighted by Gasteiger charge is 2.38. The normalized spacial score (nSPS) is 11.7. The molecule has 0 aliphatic heterocycles. The van der Waals surface area contributed by atoms with Gasteiger partial charge in [-0.15, -0.1) is 5.54 Å². The quantitative estimate of drug-likeness (QED) is 0.341. The van der Waals surface area contributed by atoms with E-state index in [1.54, 1.807) is 0 Å². The topological polar surface area (TPSA) is 43.1 Å². The number of nitro groups is 1. The first-order valence-electron chi connectivity index (χ1n) is 5.39. The fourth-order valence-corrected chi connectivity index (χ4v) is 1.78. The molecule has 0 radical (unpaired) electrons. The van der Waals surface area contributed by atoms with Crippen molar-refractivity contribution in [2.75, 3.05) is 0 Å². The second-order valence-electron chi connectivity index (χ2n) is 4.99. The van der Waals surface area contributed by atoms with Crippen LogP contribution < -0.4 is 0 Å². The average Bonchev–Trinajstić information content (AvgIpc) is 2.23. The molecule has 0 N–H and O–H groups in total. The largest absolute Gasteiger partial charge is 0.423 e. The fraction of sp³-hybridized carbons (Fsp3) is 0.333. The first kappa shape index (κ1) is 15.2. The van der Waals surface area contributed by atoms with Gasteiger partial charge in [0.2, 0.25) is 0 Å². The van der Waals surface area contributed by atoms with E-state index in [1.807, 2.05) is 19.6 Å². The van der Waals surface area contributed by atoms with Crippen molar-refractivity contribution in [3.8, 4) is 11.5 Å². The van der Waals surface area contributed by atoms with Crippen LogP contribution in [0.5, 0.6) is 0 Å². The number of benzene rings is 1. The molecule has 0 aromatic heterocycles. The van der Waals surface area contributed by atoms with E-state index in [9.17, 15) is 23.3 Å². The minimum atomic E-state index is -4.76. The molecule has 7 heteroatoms. The summed E-state index contributed by atoms with van der Waals surface area (Å²) in [5.41, 5.74) is 0.840. The summed E-state index contributed by atoms with van der Waals surface area (Å²) in [5.74, 6) is 2.65. The minimum absolute atomic E-state index is 0.139. The van der Waals surface area contributed by atoms with Crippen molar-refractivity contribution < 1.29 is 18.1 Å². The number of nitrogens with zero attached hydrogens (tertiary/aromatic N) is 1. The SMILES string of the molecule is C[Si](C)(C)C#Cc1ccc([N+](=O)[O-])c(C(F)(F)F)c1. The summed E-state index contributed by atoms with van der Waals surface area (Å²) in [5, 5.41) is 10.6. The third kappa shape index (κ3) is 4.41. The summed E-state index contributed by atoms with van der Waals surface area (Å²) in [6, 6.07) is 2.81. The van der Waals surface area contributed by atoms with Crippen molar-refractivity contribution in [3.63, 3.8) is 0 Å². The van der Waals surface area contributed by atoms with Gasteiger partial charge >= 0.3 is 6.18 Å². The zero-order valence-corrected chi connectivity index (χ0v) is 11.6. The predicted octanol–water partition coefficient (Wildman–Crippen LogP) is 3.84. The van der Waals surface area contributed by atoms with Gasteiger partial charge < -0.3 is 0 Å². The maximum absolute atomic E-state index is 12.7. The molecule has 0 atom stereocenters. The third-order valence-corrected chi connectivity index (χ3v) is 2.96. The Morgan fingerprint density at radius 3 is 2.26 bits per heavy atom. The van der Waals surface area contributed by atoms with Gasteiger partial charge in [-0.2, -0.15) is 13.2 Å². The van der Waals surface area contributed by atoms with Crippen molar-refractivity contribution in [3.05, 3.63) is 39.4 Å². The van der Waals surface area contributed by atoms with Crippen LogP contribution in [0.2, 0.25) is 19.6 Å². The Kier molecular flexibility index (Phi) is 4.05. The van der Waals surface area contributed by atoms with Crippen LogP contribution >= 0.6 is 0 Å². The van der Waals surface area contributed by atoms with Gasteiger partial charge in [-0.25, -0.2) is 0 Å². The van der Waals surface area contributed by atoms with Crippen molar-refractivity contribution in [2.24, 2.45) is 0 Å². The lowest BCUT2D eigenvalue weighted by Gasteiger charge is -2.08. The number of hydrogen-bond acceptors (Lipinski definition) is 2. The van der Waals surface area contributed by atoms with Crippen LogP contribution in [0.15, 0.2) is 18.2 Å². The Balaban J connectivity index is 3.34. The molecule has 3 nitrogen and oxygen atoms in total. The molecule has 0 heterocycles. The first-order valence-corrected chi connectivity index (χ1v) is 8.89. The smallest absolute Gasteiger partial charge is 0.258 e. The number of halogens is 3. The molecule has 0 aliphatic carbocycles. The summed E-state index contributed by atoms with van der Waals surface area (Å²) in [4.78, 5) is 9.53. The van der Waals surface area contributed by atoms with E-state index in [0.717, 1.165) is 12.1 Å². The minimum Gasteiger partial charge on any atom is -0.258 e. The third-order valence-electron chi connectivity index (χ3n) is 2.08. The molecular weight excluding hydrogens is 275 g/mol. The Morgan fingerprint density at radius 2 is 1.84 bits per heavy atom. The Hall–Kier alpha value is -1.81. The number of nitro benzene ring substituents is 1. The van der Waals surface area contributed by atoms with Crippen LogP contribution in [0.25, 0.3) is 0 Å². The molecule has 0 bridgehead atoms. The van der Waals surface area contributed by atoms with Crippen LogP contribution in [0.3, 0.4) is 0 Å². The molecule has 0 saturated heterocycles. The summed E-state index contributed by atoms with van der Waals surface area (Å²) >= 11 is 0. The van der Waals surface area contributed by atoms with E-state index in [1.165, 1.54) is 6.07 Å². The lowest BCUT2D eigenvalue weighted by molar-refractivity contribution is -0.388. The lowest BCUT2D eigenvalue weighted by atomic mass is 10.1. The van der Waals surface area contributed by atoms with Gasteiger partial charge in [-0.3, -0.25) is 10.1 Å². The van der Waals surface area contributed by atoms with E-state index < -0.39 is 30.4 Å². The molecule has 19 heavy (non-hydrogen) atoms. The van der Waals surface area contributed by atoms with Crippen molar-refractivity contribution in [2.45, 2.75) is 25.8 Å². The van der Waals surface area contributed by atoms with Gasteiger partial charge in [0.05, 0.1) is 4.92 Å². The summed E-state index contributed by atoms with van der Waals surface area (Å²) in [6.45, 7) is 5.86. The highest BCUT2D eigenvalue weighted by atomic mass is 28.3. The Labute approximate surface area is 109 Å². The zero-order valence-electron chi connectivity index (χ0n) is 10.6. The highest BCUT2D eigenvalue weighted by Crippen LogP contribution is 2.36. The monoisotopic (exact) mass is 287 g/mol. The zero-order chi connectivity index (χ0) is 14.8. The first-order chi connectivity index (χ1) is 8.50. The molecule has 1 aromatic carbocycles. The van der Waals surface area contributed by atoms with Crippen LogP contribution in [0, 0.1) is 21.6 Å². The molecule has 0 unspecified atom stereocenters. The van der Waals surface area contributed by atoms with Crippen LogP contribution in [-0.4, -0.2) is 13.0 Å². The molecular formula is C12H12F3NO2Si. The van der Waals surface area contributed by atoms with Gasteiger partial charge in [0.25, 0.3) is 5.69 Å². The van der Waals surface area contributed by atoms with Gasteiger partial charge in [0.1, 0.15) is 13.6 Å². The van der Waals surface area contributed by atoms with Crippen LogP contribution in [-0.2, 0) is 6.18 Å². The highest BCUT2D eigenvalue weighted by molar-refractivity contribution is 6.83. The molecule has 0 fully saturated rings. The van der Waals surface area contributed by atoms with Crippen molar-refractivity contribution in [1.29, 1.82) is 0 Å². The molecule has 1 rings (SSSR count). The van der Waals surface area contributed by atoms with Crippen LogP contribution in [0.1, 0.15) is 11.1 Å². The maximum Gasteiger partial charge on any atom is 0.423 e. The van der Waals surface area contributed by atoms with E-state index in [0.29, 0.717) is 0 Å². The Bertz CT molecular complexity index is 565. The second-order valence-corrected chi connectivity index (χ2v) is 9.74. The van der Waals surface area contributed by atoms with Gasteiger partial charge in [0, 0.05) is 11.6 Å². The standard InChI is InChI=1S/C12H12F3NO2Si/c1-19(2,3)7-6-9-4-5-11(16(17)18)10(8-9)12(13,14)15/h4-5,8H,1-3H3. The van der Waals surface area contributed by atoms with Crippen molar-refractivity contribution in [1.82, 2.24) is 0 Å². The molecule has 0 amide bonds. The fourth-order valence-electron chi connectivity index (χ4n) is 1.26. The second kappa shape index (κ2) is 5.05. The molecule has 0 spiro atoms. The molecule has 102 valence electrons. The number of alkyl halides is 3. The Morgan fingerprint density at radius 1 is 1.26 bits per heavy atom. The average molecular weight is 287 g/mol. The summed E-state index contributed by atoms with van der Waals surface area (Å²) < 4.78 is 38.2. The lowest BCUT2D eigenvalue weighted by Crippen LogP contribution is -2.16. The van der Waals surface area contributed by atoms with Gasteiger partial charge in [-0.05, 0) is 12.1 Å². The summed E-state index contributed by atoms with van der Waals surface area (Å²) in [6.07, 6.45) is -4.76. The van der Waals surface area contributed by atoms with Crippen LogP contribution in [0.4, 0.5) is 18.9 Å². The maximum atomic E-state index is 12.7. The summed E-state index contributed by atoms with van der Waals surface area (Å²) in [7, 11) is -1.71. The van der Waals surface area contributed by atoms with E-state index in [2.05, 4.69) is 11.5 Å². The number of rotatable bonds is 1. The van der Waals surface area contributed by atoms with Gasteiger partial charge in [-0.1, -0.05) is 25.6 Å². The van der Waals surface area contributed by atoms with Gasteiger partial charge in [0.15, 0.2) is 0 Å². The molecule has 0 aliphatic rings. The van der Waals surface area contributed by atoms with Crippen molar-refractivity contribution >= 4 is 13.8 Å². The van der Waals surface area contributed by atoms with E-state index in [4.69, 9.17) is 0 Å². The van der Waals surface area contributed by atoms with E-state index >= 15 is 0 Å². The van der Waals surface area contributed by atoms with E-state index in [-0.39, 0.29) is 5.56 Å².